The highest BCUT2D eigenvalue weighted by atomic mass is 16.5. The highest BCUT2D eigenvalue weighted by Crippen LogP contribution is 2.31. The molecule has 8 nitrogen and oxygen atoms in total. The minimum Gasteiger partial charge on any atom is -0.489 e. The molecule has 1 saturated heterocycles. The molecule has 1 aliphatic rings. The topological polar surface area (TPSA) is 86.3 Å². The van der Waals surface area contributed by atoms with Crippen LogP contribution in [0.3, 0.4) is 0 Å². The van der Waals surface area contributed by atoms with Crippen molar-refractivity contribution in [1.82, 2.24) is 24.8 Å². The Hall–Kier alpha value is -3.16. The third-order valence-corrected chi connectivity index (χ3v) is 5.40. The number of carbonyl (C=O) groups excluding carboxylic acids is 1. The van der Waals surface area contributed by atoms with Crippen molar-refractivity contribution in [2.24, 2.45) is 7.05 Å². The largest absolute Gasteiger partial charge is 0.489 e. The number of hydrogen-bond donors (Lipinski definition) is 0. The van der Waals surface area contributed by atoms with Gasteiger partial charge in [-0.2, -0.15) is 0 Å². The zero-order valence-corrected chi connectivity index (χ0v) is 17.0. The number of nitrogens with zero attached hydrogens (tertiary/aromatic N) is 5. The van der Waals surface area contributed by atoms with E-state index in [1.54, 1.807) is 13.3 Å². The molecule has 152 valence electrons. The van der Waals surface area contributed by atoms with Crippen molar-refractivity contribution in [2.75, 3.05) is 6.54 Å². The lowest BCUT2D eigenvalue weighted by Crippen LogP contribution is -2.40. The summed E-state index contributed by atoms with van der Waals surface area (Å²) in [4.78, 5) is 15.2. The van der Waals surface area contributed by atoms with Gasteiger partial charge in [0.2, 0.25) is 0 Å². The summed E-state index contributed by atoms with van der Waals surface area (Å²) in [6.07, 6.45) is 4.51. The first-order chi connectivity index (χ1) is 14.0. The van der Waals surface area contributed by atoms with Crippen LogP contribution in [0.15, 0.2) is 35.1 Å². The summed E-state index contributed by atoms with van der Waals surface area (Å²) in [6.45, 7) is 4.70. The Labute approximate surface area is 169 Å². The Kier molecular flexibility index (Phi) is 5.33. The van der Waals surface area contributed by atoms with Crippen LogP contribution in [-0.4, -0.2) is 37.3 Å². The van der Waals surface area contributed by atoms with E-state index in [0.29, 0.717) is 23.6 Å². The first-order valence-corrected chi connectivity index (χ1v) is 9.84. The molecule has 2 aromatic heterocycles. The second-order valence-corrected chi connectivity index (χ2v) is 7.48. The van der Waals surface area contributed by atoms with E-state index in [9.17, 15) is 4.79 Å². The van der Waals surface area contributed by atoms with Gasteiger partial charge in [0.25, 0.3) is 5.91 Å². The number of likely N-dealkylation sites (tertiary alicyclic amines) is 1. The number of carbonyl (C=O) groups is 1. The van der Waals surface area contributed by atoms with E-state index in [2.05, 4.69) is 15.4 Å². The van der Waals surface area contributed by atoms with Gasteiger partial charge in [-0.15, -0.1) is 10.2 Å². The van der Waals surface area contributed by atoms with Gasteiger partial charge in [0.05, 0.1) is 11.6 Å². The molecule has 0 spiro atoms. The van der Waals surface area contributed by atoms with E-state index < -0.39 is 0 Å². The number of amides is 1. The Balaban J connectivity index is 1.56. The van der Waals surface area contributed by atoms with Gasteiger partial charge in [-0.1, -0.05) is 22.9 Å². The number of rotatable bonds is 5. The van der Waals surface area contributed by atoms with Crippen molar-refractivity contribution < 1.29 is 14.1 Å². The Morgan fingerprint density at radius 2 is 2.03 bits per heavy atom. The molecule has 0 bridgehead atoms. The molecule has 0 saturated carbocycles. The molecule has 1 aromatic carbocycles. The Morgan fingerprint density at radius 3 is 2.76 bits per heavy atom. The summed E-state index contributed by atoms with van der Waals surface area (Å²) in [6, 6.07) is 7.68. The van der Waals surface area contributed by atoms with Crippen molar-refractivity contribution in [1.29, 1.82) is 0 Å². The van der Waals surface area contributed by atoms with Crippen LogP contribution in [0, 0.1) is 13.8 Å². The maximum Gasteiger partial charge on any atom is 0.277 e. The van der Waals surface area contributed by atoms with Crippen molar-refractivity contribution in [2.45, 2.75) is 45.8 Å². The average molecular weight is 395 g/mol. The van der Waals surface area contributed by atoms with Gasteiger partial charge in [-0.3, -0.25) is 4.79 Å². The average Bonchev–Trinajstić information content (AvgIpc) is 3.32. The predicted molar refractivity (Wildman–Crippen MR) is 105 cm³/mol. The van der Waals surface area contributed by atoms with Gasteiger partial charge < -0.3 is 18.7 Å². The van der Waals surface area contributed by atoms with Crippen LogP contribution in [0.4, 0.5) is 0 Å². The smallest absolute Gasteiger partial charge is 0.277 e. The van der Waals surface area contributed by atoms with Crippen molar-refractivity contribution in [3.63, 3.8) is 0 Å². The lowest BCUT2D eigenvalue weighted by Gasteiger charge is -2.34. The first kappa shape index (κ1) is 19.2. The first-order valence-electron chi connectivity index (χ1n) is 9.84. The molecule has 8 heteroatoms. The molecule has 3 heterocycles. The normalized spacial score (nSPS) is 16.8. The maximum atomic E-state index is 13.4. The van der Waals surface area contributed by atoms with E-state index in [1.165, 1.54) is 0 Å². The molecule has 3 aromatic rings. The second-order valence-electron chi connectivity index (χ2n) is 7.48. The third kappa shape index (κ3) is 3.87. The quantitative estimate of drug-likeness (QED) is 0.658. The Morgan fingerprint density at radius 1 is 1.24 bits per heavy atom. The van der Waals surface area contributed by atoms with Gasteiger partial charge in [0.1, 0.15) is 24.4 Å². The van der Waals surface area contributed by atoms with Crippen molar-refractivity contribution >= 4 is 5.91 Å². The fraction of sp³-hybridized carbons (Fsp3) is 0.429. The number of hydrogen-bond acceptors (Lipinski definition) is 6. The van der Waals surface area contributed by atoms with Gasteiger partial charge in [-0.05, 0) is 45.2 Å². The molecule has 29 heavy (non-hydrogen) atoms. The summed E-state index contributed by atoms with van der Waals surface area (Å²) in [5, 5.41) is 12.3. The highest BCUT2D eigenvalue weighted by molar-refractivity contribution is 5.94. The van der Waals surface area contributed by atoms with Gasteiger partial charge in [0.15, 0.2) is 11.5 Å². The number of aryl methyl sites for hydroxylation is 3. The van der Waals surface area contributed by atoms with Crippen molar-refractivity contribution in [3.8, 4) is 5.75 Å². The van der Waals surface area contributed by atoms with Gasteiger partial charge in [-0.25, -0.2) is 0 Å². The third-order valence-electron chi connectivity index (χ3n) is 5.40. The summed E-state index contributed by atoms with van der Waals surface area (Å²) < 4.78 is 13.1. The predicted octanol–water partition coefficient (Wildman–Crippen LogP) is 3.37. The molecule has 0 aliphatic carbocycles. The fourth-order valence-electron chi connectivity index (χ4n) is 3.69. The molecular formula is C21H25N5O3. The van der Waals surface area contributed by atoms with Gasteiger partial charge in [0, 0.05) is 13.6 Å². The van der Waals surface area contributed by atoms with E-state index in [1.807, 2.05) is 47.7 Å². The zero-order chi connectivity index (χ0) is 20.4. The van der Waals surface area contributed by atoms with Gasteiger partial charge >= 0.3 is 0 Å². The number of aromatic nitrogens is 4. The van der Waals surface area contributed by atoms with E-state index >= 15 is 0 Å². The van der Waals surface area contributed by atoms with E-state index in [0.717, 1.165) is 36.4 Å². The molecule has 1 aliphatic heterocycles. The molecule has 4 rings (SSSR count). The maximum absolute atomic E-state index is 13.4. The molecule has 1 atom stereocenters. The van der Waals surface area contributed by atoms with E-state index in [-0.39, 0.29) is 18.6 Å². The van der Waals surface area contributed by atoms with Crippen LogP contribution in [0.5, 0.6) is 5.75 Å². The van der Waals surface area contributed by atoms with E-state index in [4.69, 9.17) is 9.26 Å². The monoisotopic (exact) mass is 395 g/mol. The SMILES string of the molecule is Cc1ccc(OCc2c(C(=O)N3CCCCC3c3nncn3C)noc2C)cc1. The molecule has 1 unspecified atom stereocenters. The minimum atomic E-state index is -0.156. The van der Waals surface area contributed by atoms with Crippen LogP contribution in [0.25, 0.3) is 0 Å². The number of piperidine rings is 1. The van der Waals surface area contributed by atoms with Crippen LogP contribution in [0.1, 0.15) is 58.5 Å². The second kappa shape index (κ2) is 8.06. The van der Waals surface area contributed by atoms with Crippen LogP contribution < -0.4 is 4.74 Å². The van der Waals surface area contributed by atoms with Crippen molar-refractivity contribution in [3.05, 3.63) is 59.0 Å². The Bertz CT molecular complexity index is 992. The zero-order valence-electron chi connectivity index (χ0n) is 17.0. The lowest BCUT2D eigenvalue weighted by atomic mass is 10.00. The molecule has 0 radical (unpaired) electrons. The molecule has 1 amide bonds. The number of ether oxygens (including phenoxy) is 1. The summed E-state index contributed by atoms with van der Waals surface area (Å²) in [5.41, 5.74) is 2.15. The standard InChI is InChI=1S/C21H25N5O3/c1-14-7-9-16(10-8-14)28-12-17-15(2)29-24-19(17)21(27)26-11-5-4-6-18(26)20-23-22-13-25(20)3/h7-10,13,18H,4-6,11-12H2,1-3H3. The minimum absolute atomic E-state index is 0.119. The summed E-state index contributed by atoms with van der Waals surface area (Å²) >= 11 is 0. The summed E-state index contributed by atoms with van der Waals surface area (Å²) in [5.74, 6) is 1.96. The molecule has 1 fully saturated rings. The lowest BCUT2D eigenvalue weighted by molar-refractivity contribution is 0.0583. The van der Waals surface area contributed by atoms with Crippen LogP contribution in [-0.2, 0) is 13.7 Å². The molecule has 0 N–H and O–H groups in total. The van der Waals surface area contributed by atoms with Crippen LogP contribution in [0.2, 0.25) is 0 Å². The fourth-order valence-corrected chi connectivity index (χ4v) is 3.69. The number of benzene rings is 1. The highest BCUT2D eigenvalue weighted by Gasteiger charge is 2.34. The summed E-state index contributed by atoms with van der Waals surface area (Å²) in [7, 11) is 1.90. The molecular weight excluding hydrogens is 370 g/mol. The van der Waals surface area contributed by atoms with Crippen LogP contribution >= 0.6 is 0 Å².